The molecular weight excluding hydrogens is 228 g/mol. The van der Waals surface area contributed by atoms with Crippen molar-refractivity contribution in [3.05, 3.63) is 12.4 Å². The van der Waals surface area contributed by atoms with Crippen molar-refractivity contribution in [1.82, 2.24) is 9.97 Å². The Kier molecular flexibility index (Phi) is 2.71. The Morgan fingerprint density at radius 2 is 2.25 bits per heavy atom. The molecule has 88 valence electrons. The molecule has 1 aromatic heterocycles. The highest BCUT2D eigenvalue weighted by Gasteiger charge is 2.28. The highest BCUT2D eigenvalue weighted by Crippen LogP contribution is 2.19. The third-order valence-electron chi connectivity index (χ3n) is 2.64. The summed E-state index contributed by atoms with van der Waals surface area (Å²) in [6, 6.07) is 1.59. The smallest absolute Gasteiger partial charge is 0.154 e. The van der Waals surface area contributed by atoms with Crippen LogP contribution in [0, 0.1) is 0 Å². The van der Waals surface area contributed by atoms with Gasteiger partial charge in [-0.1, -0.05) is 0 Å². The number of hydrogen-bond acceptors (Lipinski definition) is 6. The van der Waals surface area contributed by atoms with Gasteiger partial charge in [-0.05, 0) is 6.92 Å². The molecule has 0 aliphatic carbocycles. The van der Waals surface area contributed by atoms with Crippen LogP contribution >= 0.6 is 0 Å². The van der Waals surface area contributed by atoms with E-state index in [0.717, 1.165) is 0 Å². The minimum Gasteiger partial charge on any atom is -0.384 e. The zero-order valence-electron chi connectivity index (χ0n) is 9.00. The maximum Gasteiger partial charge on any atom is 0.154 e. The Bertz CT molecular complexity index is 488. The Hall–Kier alpha value is -1.37. The average molecular weight is 242 g/mol. The van der Waals surface area contributed by atoms with E-state index in [1.165, 1.54) is 6.33 Å². The summed E-state index contributed by atoms with van der Waals surface area (Å²) in [6.45, 7) is 2.33. The molecule has 2 rings (SSSR count). The second-order valence-corrected chi connectivity index (χ2v) is 6.19. The molecule has 1 saturated heterocycles. The van der Waals surface area contributed by atoms with Crippen LogP contribution in [0.5, 0.6) is 0 Å². The fourth-order valence-corrected chi connectivity index (χ4v) is 3.41. The van der Waals surface area contributed by atoms with E-state index in [1.54, 1.807) is 6.07 Å². The molecule has 0 amide bonds. The van der Waals surface area contributed by atoms with Crippen molar-refractivity contribution in [2.45, 2.75) is 13.0 Å². The molecule has 1 aromatic rings. The van der Waals surface area contributed by atoms with Crippen molar-refractivity contribution in [2.75, 3.05) is 28.7 Å². The normalized spacial score (nSPS) is 24.3. The van der Waals surface area contributed by atoms with Crippen LogP contribution in [0.3, 0.4) is 0 Å². The van der Waals surface area contributed by atoms with E-state index in [1.807, 2.05) is 11.8 Å². The average Bonchev–Trinajstić information content (AvgIpc) is 2.15. The number of hydrogen-bond donors (Lipinski definition) is 1. The molecule has 7 heteroatoms. The molecule has 0 spiro atoms. The Balaban J connectivity index is 2.24. The Morgan fingerprint density at radius 1 is 1.50 bits per heavy atom. The van der Waals surface area contributed by atoms with Gasteiger partial charge in [-0.25, -0.2) is 18.4 Å². The van der Waals surface area contributed by atoms with Crippen molar-refractivity contribution in [3.8, 4) is 0 Å². The van der Waals surface area contributed by atoms with Crippen molar-refractivity contribution < 1.29 is 8.42 Å². The number of nitrogens with two attached hydrogens (primary N) is 1. The molecule has 1 fully saturated rings. The van der Waals surface area contributed by atoms with Gasteiger partial charge in [-0.3, -0.25) is 0 Å². The first kappa shape index (κ1) is 11.1. The van der Waals surface area contributed by atoms with Crippen molar-refractivity contribution >= 4 is 21.5 Å². The first-order chi connectivity index (χ1) is 7.48. The third-order valence-corrected chi connectivity index (χ3v) is 4.43. The molecule has 0 aromatic carbocycles. The fraction of sp³-hybridized carbons (Fsp3) is 0.556. The quantitative estimate of drug-likeness (QED) is 0.726. The van der Waals surface area contributed by atoms with Gasteiger partial charge in [-0.15, -0.1) is 0 Å². The van der Waals surface area contributed by atoms with E-state index in [9.17, 15) is 8.42 Å². The highest BCUT2D eigenvalue weighted by atomic mass is 32.2. The van der Waals surface area contributed by atoms with Crippen LogP contribution in [-0.2, 0) is 9.84 Å². The van der Waals surface area contributed by atoms with Crippen LogP contribution < -0.4 is 10.6 Å². The second-order valence-electron chi connectivity index (χ2n) is 3.96. The molecule has 1 unspecified atom stereocenters. The molecular formula is C9H14N4O2S. The maximum absolute atomic E-state index is 11.4. The Morgan fingerprint density at radius 3 is 2.88 bits per heavy atom. The van der Waals surface area contributed by atoms with Crippen molar-refractivity contribution in [2.24, 2.45) is 0 Å². The summed E-state index contributed by atoms with van der Waals surface area (Å²) in [5.41, 5.74) is 5.57. The largest absolute Gasteiger partial charge is 0.384 e. The minimum absolute atomic E-state index is 0.0759. The van der Waals surface area contributed by atoms with Gasteiger partial charge < -0.3 is 10.6 Å². The number of nitrogens with zero attached hydrogens (tertiary/aromatic N) is 3. The zero-order chi connectivity index (χ0) is 11.8. The van der Waals surface area contributed by atoms with Crippen LogP contribution in [0.4, 0.5) is 11.6 Å². The standard InChI is InChI=1S/C9H14N4O2S/c1-7-5-16(14,15)3-2-13(7)9-4-8(10)11-6-12-9/h4,6-7H,2-3,5H2,1H3,(H2,10,11,12). The van der Waals surface area contributed by atoms with Gasteiger partial charge in [0.15, 0.2) is 9.84 Å². The number of anilines is 2. The highest BCUT2D eigenvalue weighted by molar-refractivity contribution is 7.91. The van der Waals surface area contributed by atoms with E-state index < -0.39 is 9.84 Å². The molecule has 16 heavy (non-hydrogen) atoms. The number of rotatable bonds is 1. The van der Waals surface area contributed by atoms with Gasteiger partial charge >= 0.3 is 0 Å². The summed E-state index contributed by atoms with van der Waals surface area (Å²) in [5.74, 6) is 1.42. The molecule has 1 aliphatic rings. The number of sulfone groups is 1. The lowest BCUT2D eigenvalue weighted by atomic mass is 10.3. The molecule has 2 heterocycles. The summed E-state index contributed by atoms with van der Waals surface area (Å²) < 4.78 is 22.8. The molecule has 2 N–H and O–H groups in total. The van der Waals surface area contributed by atoms with Crippen LogP contribution in [0.1, 0.15) is 6.92 Å². The van der Waals surface area contributed by atoms with E-state index in [4.69, 9.17) is 5.73 Å². The fourth-order valence-electron chi connectivity index (χ4n) is 1.86. The van der Waals surface area contributed by atoms with Crippen LogP contribution in [0.25, 0.3) is 0 Å². The summed E-state index contributed by atoms with van der Waals surface area (Å²) in [5, 5.41) is 0. The van der Waals surface area contributed by atoms with Gasteiger partial charge in [0.1, 0.15) is 18.0 Å². The predicted molar refractivity (Wildman–Crippen MR) is 61.9 cm³/mol. The van der Waals surface area contributed by atoms with Crippen molar-refractivity contribution in [3.63, 3.8) is 0 Å². The van der Waals surface area contributed by atoms with Crippen LogP contribution in [0.2, 0.25) is 0 Å². The summed E-state index contributed by atoms with van der Waals surface area (Å²) in [4.78, 5) is 9.86. The Labute approximate surface area is 94.4 Å². The van der Waals surface area contributed by atoms with E-state index in [-0.39, 0.29) is 17.5 Å². The summed E-state index contributed by atoms with van der Waals surface area (Å²) >= 11 is 0. The van der Waals surface area contributed by atoms with Crippen LogP contribution in [0.15, 0.2) is 12.4 Å². The lowest BCUT2D eigenvalue weighted by Crippen LogP contribution is -2.47. The minimum atomic E-state index is -2.90. The monoisotopic (exact) mass is 242 g/mol. The second kappa shape index (κ2) is 3.89. The van der Waals surface area contributed by atoms with E-state index in [0.29, 0.717) is 18.2 Å². The molecule has 0 radical (unpaired) electrons. The van der Waals surface area contributed by atoms with E-state index >= 15 is 0 Å². The van der Waals surface area contributed by atoms with E-state index in [2.05, 4.69) is 9.97 Å². The molecule has 0 saturated carbocycles. The van der Waals surface area contributed by atoms with Gasteiger partial charge in [0, 0.05) is 18.7 Å². The van der Waals surface area contributed by atoms with Gasteiger partial charge in [0.25, 0.3) is 0 Å². The van der Waals surface area contributed by atoms with Gasteiger partial charge in [-0.2, -0.15) is 0 Å². The number of aromatic nitrogens is 2. The maximum atomic E-state index is 11.4. The first-order valence-electron chi connectivity index (χ1n) is 5.02. The molecule has 1 atom stereocenters. The summed E-state index contributed by atoms with van der Waals surface area (Å²) in [7, 11) is -2.90. The molecule has 0 bridgehead atoms. The summed E-state index contributed by atoms with van der Waals surface area (Å²) in [6.07, 6.45) is 1.39. The first-order valence-corrected chi connectivity index (χ1v) is 6.85. The third kappa shape index (κ3) is 2.24. The SMILES string of the molecule is CC1CS(=O)(=O)CCN1c1cc(N)ncn1. The number of nitrogen functional groups attached to an aromatic ring is 1. The lowest BCUT2D eigenvalue weighted by molar-refractivity contribution is 0.567. The predicted octanol–water partition coefficient (Wildman–Crippen LogP) is -0.318. The van der Waals surface area contributed by atoms with Crippen molar-refractivity contribution in [1.29, 1.82) is 0 Å². The topological polar surface area (TPSA) is 89.2 Å². The molecule has 6 nitrogen and oxygen atoms in total. The van der Waals surface area contributed by atoms with Crippen LogP contribution in [-0.4, -0.2) is 42.5 Å². The zero-order valence-corrected chi connectivity index (χ0v) is 9.81. The molecule has 1 aliphatic heterocycles. The lowest BCUT2D eigenvalue weighted by Gasteiger charge is -2.33. The van der Waals surface area contributed by atoms with Gasteiger partial charge in [0.2, 0.25) is 0 Å². The van der Waals surface area contributed by atoms with Gasteiger partial charge in [0.05, 0.1) is 11.5 Å².